The van der Waals surface area contributed by atoms with Crippen molar-refractivity contribution in [2.45, 2.75) is 11.0 Å². The summed E-state index contributed by atoms with van der Waals surface area (Å²) in [6.45, 7) is -0.0144. The Morgan fingerprint density at radius 2 is 1.87 bits per heavy atom. The molecule has 0 bridgehead atoms. The van der Waals surface area contributed by atoms with Crippen LogP contribution in [0.4, 0.5) is 4.39 Å². The molecule has 2 rings (SSSR count). The van der Waals surface area contributed by atoms with Gasteiger partial charge in [-0.25, -0.2) is 17.5 Å². The number of halogens is 1. The molecule has 0 aromatic heterocycles. The Balaban J connectivity index is 2.13. The van der Waals surface area contributed by atoms with E-state index in [2.05, 4.69) is 4.72 Å². The second-order valence-corrected chi connectivity index (χ2v) is 6.58. The van der Waals surface area contributed by atoms with E-state index >= 15 is 0 Å². The summed E-state index contributed by atoms with van der Waals surface area (Å²) < 4.78 is 50.7. The van der Waals surface area contributed by atoms with Gasteiger partial charge in [-0.15, -0.1) is 0 Å². The van der Waals surface area contributed by atoms with E-state index in [9.17, 15) is 12.8 Å². The topological polar surface area (TPSA) is 64.6 Å². The van der Waals surface area contributed by atoms with Gasteiger partial charge in [-0.05, 0) is 29.8 Å². The average Bonchev–Trinajstić information content (AvgIpc) is 2.55. The largest absolute Gasteiger partial charge is 0.497 e. The number of rotatable bonds is 7. The molecule has 0 aliphatic rings. The molecule has 0 saturated carbocycles. The van der Waals surface area contributed by atoms with Crippen LogP contribution in [0.25, 0.3) is 0 Å². The van der Waals surface area contributed by atoms with Gasteiger partial charge in [0, 0.05) is 19.7 Å². The molecule has 2 aromatic rings. The van der Waals surface area contributed by atoms with Gasteiger partial charge in [0.05, 0.1) is 18.1 Å². The minimum atomic E-state index is -3.72. The zero-order chi connectivity index (χ0) is 16.9. The van der Waals surface area contributed by atoms with Crippen LogP contribution < -0.4 is 9.46 Å². The maximum atomic E-state index is 13.3. The van der Waals surface area contributed by atoms with Crippen molar-refractivity contribution in [2.75, 3.05) is 20.8 Å². The van der Waals surface area contributed by atoms with Crippen LogP contribution in [-0.2, 0) is 14.8 Å². The zero-order valence-electron chi connectivity index (χ0n) is 12.8. The second kappa shape index (κ2) is 7.54. The highest BCUT2D eigenvalue weighted by Gasteiger charge is 2.18. The molecule has 23 heavy (non-hydrogen) atoms. The molecule has 0 amide bonds. The smallest absolute Gasteiger partial charge is 0.240 e. The van der Waals surface area contributed by atoms with Crippen LogP contribution in [-0.4, -0.2) is 29.2 Å². The van der Waals surface area contributed by atoms with Gasteiger partial charge in [-0.2, -0.15) is 0 Å². The fraction of sp³-hybridized carbons (Fsp3) is 0.250. The van der Waals surface area contributed by atoms with Gasteiger partial charge in [0.15, 0.2) is 0 Å². The molecule has 7 heteroatoms. The van der Waals surface area contributed by atoms with Crippen LogP contribution in [0.3, 0.4) is 0 Å². The first-order valence-electron chi connectivity index (χ1n) is 6.88. The number of hydrogen-bond acceptors (Lipinski definition) is 4. The van der Waals surface area contributed by atoms with E-state index in [4.69, 9.17) is 9.47 Å². The summed E-state index contributed by atoms with van der Waals surface area (Å²) in [5.74, 6) is 0.0431. The highest BCUT2D eigenvalue weighted by molar-refractivity contribution is 7.89. The molecule has 0 aliphatic heterocycles. The van der Waals surface area contributed by atoms with Crippen molar-refractivity contribution in [3.05, 3.63) is 59.9 Å². The standard InChI is InChI=1S/C16H18FNO4S/c1-21-14-7-4-8-15(10-14)23(19,20)18-11-16(22-2)12-5-3-6-13(17)9-12/h3-10,16,18H,11H2,1-2H3/t16-/m0/s1. The predicted octanol–water partition coefficient (Wildman–Crippen LogP) is 2.50. The molecule has 5 nitrogen and oxygen atoms in total. The molecular formula is C16H18FNO4S. The Morgan fingerprint density at radius 1 is 1.13 bits per heavy atom. The van der Waals surface area contributed by atoms with Crippen molar-refractivity contribution in [2.24, 2.45) is 0 Å². The van der Waals surface area contributed by atoms with E-state index in [1.807, 2.05) is 0 Å². The van der Waals surface area contributed by atoms with Gasteiger partial charge in [0.1, 0.15) is 11.6 Å². The molecule has 0 fully saturated rings. The molecule has 1 atom stereocenters. The molecular weight excluding hydrogens is 321 g/mol. The number of nitrogens with one attached hydrogen (secondary N) is 1. The normalized spacial score (nSPS) is 12.8. The molecule has 0 spiro atoms. The summed E-state index contributed by atoms with van der Waals surface area (Å²) in [7, 11) is -0.818. The lowest BCUT2D eigenvalue weighted by atomic mass is 10.1. The van der Waals surface area contributed by atoms with Crippen molar-refractivity contribution in [3.63, 3.8) is 0 Å². The van der Waals surface area contributed by atoms with Crippen molar-refractivity contribution in [1.29, 1.82) is 0 Å². The first-order valence-corrected chi connectivity index (χ1v) is 8.36. The van der Waals surface area contributed by atoms with Crippen molar-refractivity contribution >= 4 is 10.0 Å². The van der Waals surface area contributed by atoms with Gasteiger partial charge >= 0.3 is 0 Å². The minimum Gasteiger partial charge on any atom is -0.497 e. The predicted molar refractivity (Wildman–Crippen MR) is 84.3 cm³/mol. The fourth-order valence-corrected chi connectivity index (χ4v) is 3.15. The molecule has 0 unspecified atom stereocenters. The van der Waals surface area contributed by atoms with Gasteiger partial charge < -0.3 is 9.47 Å². The maximum absolute atomic E-state index is 13.3. The number of benzene rings is 2. The van der Waals surface area contributed by atoms with Crippen molar-refractivity contribution in [1.82, 2.24) is 4.72 Å². The third-order valence-electron chi connectivity index (χ3n) is 3.32. The molecule has 1 N–H and O–H groups in total. The van der Waals surface area contributed by atoms with E-state index in [1.54, 1.807) is 24.3 Å². The van der Waals surface area contributed by atoms with E-state index in [1.165, 1.54) is 38.5 Å². The summed E-state index contributed by atoms with van der Waals surface area (Å²) in [4.78, 5) is 0.0888. The Hall–Kier alpha value is -1.96. The summed E-state index contributed by atoms with van der Waals surface area (Å²) in [6.07, 6.45) is -0.592. The van der Waals surface area contributed by atoms with Crippen molar-refractivity contribution < 1.29 is 22.3 Å². The summed E-state index contributed by atoms with van der Waals surface area (Å²) in [5, 5.41) is 0. The van der Waals surface area contributed by atoms with E-state index in [0.717, 1.165) is 0 Å². The molecule has 2 aromatic carbocycles. The lowest BCUT2D eigenvalue weighted by Crippen LogP contribution is -2.29. The van der Waals surface area contributed by atoms with Crippen LogP contribution in [0.5, 0.6) is 5.75 Å². The van der Waals surface area contributed by atoms with E-state index < -0.39 is 21.9 Å². The van der Waals surface area contributed by atoms with Crippen LogP contribution >= 0.6 is 0 Å². The summed E-state index contributed by atoms with van der Waals surface area (Å²) in [5.41, 5.74) is 0.556. The summed E-state index contributed by atoms with van der Waals surface area (Å²) >= 11 is 0. The molecule has 0 radical (unpaired) electrons. The third kappa shape index (κ3) is 4.51. The van der Waals surface area contributed by atoms with E-state index in [0.29, 0.717) is 11.3 Å². The first-order chi connectivity index (χ1) is 11.0. The number of methoxy groups -OCH3 is 2. The quantitative estimate of drug-likeness (QED) is 0.842. The molecule has 124 valence electrons. The van der Waals surface area contributed by atoms with Gasteiger partial charge in [0.25, 0.3) is 0 Å². The zero-order valence-corrected chi connectivity index (χ0v) is 13.6. The fourth-order valence-electron chi connectivity index (χ4n) is 2.08. The Morgan fingerprint density at radius 3 is 2.52 bits per heavy atom. The average molecular weight is 339 g/mol. The highest BCUT2D eigenvalue weighted by atomic mass is 32.2. The number of hydrogen-bond donors (Lipinski definition) is 1. The minimum absolute atomic E-state index is 0.0144. The van der Waals surface area contributed by atoms with Crippen molar-refractivity contribution in [3.8, 4) is 5.75 Å². The lowest BCUT2D eigenvalue weighted by Gasteiger charge is -2.17. The van der Waals surface area contributed by atoms with Gasteiger partial charge in [-0.3, -0.25) is 0 Å². The monoisotopic (exact) mass is 339 g/mol. The van der Waals surface area contributed by atoms with Crippen LogP contribution in [0.2, 0.25) is 0 Å². The molecule has 0 saturated heterocycles. The maximum Gasteiger partial charge on any atom is 0.240 e. The molecule has 0 aliphatic carbocycles. The number of ether oxygens (including phenoxy) is 2. The van der Waals surface area contributed by atoms with Gasteiger partial charge in [0.2, 0.25) is 10.0 Å². The van der Waals surface area contributed by atoms with Crippen LogP contribution in [0.1, 0.15) is 11.7 Å². The second-order valence-electron chi connectivity index (χ2n) is 4.81. The Bertz CT molecular complexity index is 764. The van der Waals surface area contributed by atoms with E-state index in [-0.39, 0.29) is 11.4 Å². The highest BCUT2D eigenvalue weighted by Crippen LogP contribution is 2.20. The van der Waals surface area contributed by atoms with Crippen LogP contribution in [0.15, 0.2) is 53.4 Å². The van der Waals surface area contributed by atoms with Gasteiger partial charge in [-0.1, -0.05) is 18.2 Å². The lowest BCUT2D eigenvalue weighted by molar-refractivity contribution is 0.107. The Kier molecular flexibility index (Phi) is 5.70. The first kappa shape index (κ1) is 17.4. The SMILES string of the molecule is COc1cccc(S(=O)(=O)NC[C@H](OC)c2cccc(F)c2)c1. The third-order valence-corrected chi connectivity index (χ3v) is 4.74. The number of sulfonamides is 1. The molecule has 0 heterocycles. The summed E-state index contributed by atoms with van der Waals surface area (Å²) in [6, 6.07) is 12.0. The van der Waals surface area contributed by atoms with Crippen LogP contribution in [0, 0.1) is 5.82 Å². The Labute approximate surface area is 135 Å².